The number of piperidine rings is 1. The summed E-state index contributed by atoms with van der Waals surface area (Å²) in [6.07, 6.45) is 1.67. The number of rotatable bonds is 5. The van der Waals surface area contributed by atoms with Gasteiger partial charge in [-0.2, -0.15) is 5.10 Å². The minimum atomic E-state index is -0.213. The lowest BCUT2D eigenvalue weighted by atomic mass is 9.97. The molecule has 2 amide bonds. The fourth-order valence-electron chi connectivity index (χ4n) is 4.02. The molecule has 2 aromatic carbocycles. The van der Waals surface area contributed by atoms with E-state index in [2.05, 4.69) is 10.4 Å². The van der Waals surface area contributed by atoms with Gasteiger partial charge < -0.3 is 19.7 Å². The lowest BCUT2D eigenvalue weighted by Crippen LogP contribution is -2.42. The van der Waals surface area contributed by atoms with E-state index in [1.807, 2.05) is 30.3 Å². The fourth-order valence-corrected chi connectivity index (χ4v) is 4.02. The SMILES string of the molecule is COc1cc(NC(=O)N2CCCC(c3nn(C)c(=O)n3-c3ccccc3)C2)cc(OC)c1. The number of hydrogen-bond acceptors (Lipinski definition) is 5. The molecule has 2 heterocycles. The molecule has 1 N–H and O–H groups in total. The van der Waals surface area contributed by atoms with Crippen LogP contribution in [0.25, 0.3) is 5.69 Å². The molecule has 1 aliphatic heterocycles. The summed E-state index contributed by atoms with van der Waals surface area (Å²) in [7, 11) is 4.78. The largest absolute Gasteiger partial charge is 0.497 e. The average molecular weight is 438 g/mol. The molecule has 168 valence electrons. The van der Waals surface area contributed by atoms with Crippen LogP contribution in [0, 0.1) is 0 Å². The van der Waals surface area contributed by atoms with Crippen molar-refractivity contribution < 1.29 is 14.3 Å². The lowest BCUT2D eigenvalue weighted by molar-refractivity contribution is 0.191. The van der Waals surface area contributed by atoms with Crippen molar-refractivity contribution >= 4 is 11.7 Å². The molecule has 4 rings (SSSR count). The van der Waals surface area contributed by atoms with Crippen molar-refractivity contribution in [3.63, 3.8) is 0 Å². The number of nitrogens with zero attached hydrogens (tertiary/aromatic N) is 4. The monoisotopic (exact) mass is 437 g/mol. The standard InChI is InChI=1S/C23H27N5O4/c1-26-23(30)28(18-9-5-4-6-10-18)21(25-26)16-8-7-11-27(15-16)22(29)24-17-12-19(31-2)14-20(13-17)32-3/h4-6,9-10,12-14,16H,7-8,11,15H2,1-3H3,(H,24,29). The Morgan fingerprint density at radius 1 is 1.09 bits per heavy atom. The highest BCUT2D eigenvalue weighted by Crippen LogP contribution is 2.29. The molecule has 1 unspecified atom stereocenters. The van der Waals surface area contributed by atoms with Crippen LogP contribution in [0.2, 0.25) is 0 Å². The third-order valence-corrected chi connectivity index (χ3v) is 5.64. The number of hydrogen-bond donors (Lipinski definition) is 1. The van der Waals surface area contributed by atoms with Crippen LogP contribution in [0.4, 0.5) is 10.5 Å². The smallest absolute Gasteiger partial charge is 0.350 e. The maximum Gasteiger partial charge on any atom is 0.350 e. The van der Waals surface area contributed by atoms with Crippen LogP contribution in [0.1, 0.15) is 24.6 Å². The maximum atomic E-state index is 13.0. The maximum absolute atomic E-state index is 13.0. The minimum Gasteiger partial charge on any atom is -0.497 e. The molecular formula is C23H27N5O4. The Labute approximate surface area is 186 Å². The number of methoxy groups -OCH3 is 2. The Morgan fingerprint density at radius 2 is 1.78 bits per heavy atom. The first kappa shape index (κ1) is 21.5. The Hall–Kier alpha value is -3.75. The van der Waals surface area contributed by atoms with Gasteiger partial charge in [-0.1, -0.05) is 18.2 Å². The zero-order valence-electron chi connectivity index (χ0n) is 18.4. The van der Waals surface area contributed by atoms with E-state index in [1.165, 1.54) is 4.68 Å². The summed E-state index contributed by atoms with van der Waals surface area (Å²) in [5.74, 6) is 1.81. The number of anilines is 1. The molecule has 0 radical (unpaired) electrons. The van der Waals surface area contributed by atoms with Crippen molar-refractivity contribution in [3.05, 3.63) is 64.8 Å². The van der Waals surface area contributed by atoms with E-state index >= 15 is 0 Å². The van der Waals surface area contributed by atoms with Gasteiger partial charge in [-0.3, -0.25) is 0 Å². The van der Waals surface area contributed by atoms with Crippen molar-refractivity contribution in [2.75, 3.05) is 32.6 Å². The highest BCUT2D eigenvalue weighted by molar-refractivity contribution is 5.90. The highest BCUT2D eigenvalue weighted by Gasteiger charge is 2.30. The van der Waals surface area contributed by atoms with Crippen LogP contribution >= 0.6 is 0 Å². The number of benzene rings is 2. The van der Waals surface area contributed by atoms with Gasteiger partial charge >= 0.3 is 11.7 Å². The zero-order chi connectivity index (χ0) is 22.7. The molecule has 0 bridgehead atoms. The van der Waals surface area contributed by atoms with Crippen LogP contribution in [0.5, 0.6) is 11.5 Å². The quantitative estimate of drug-likeness (QED) is 0.663. The van der Waals surface area contributed by atoms with Gasteiger partial charge in [0.2, 0.25) is 0 Å². The van der Waals surface area contributed by atoms with Gasteiger partial charge in [-0.05, 0) is 25.0 Å². The van der Waals surface area contributed by atoms with Gasteiger partial charge in [-0.15, -0.1) is 0 Å². The topological polar surface area (TPSA) is 90.6 Å². The van der Waals surface area contributed by atoms with Gasteiger partial charge in [0.15, 0.2) is 0 Å². The Kier molecular flexibility index (Phi) is 6.16. The molecule has 9 heteroatoms. The molecule has 0 aliphatic carbocycles. The van der Waals surface area contributed by atoms with Crippen molar-refractivity contribution in [2.45, 2.75) is 18.8 Å². The first-order valence-electron chi connectivity index (χ1n) is 10.5. The summed E-state index contributed by atoms with van der Waals surface area (Å²) in [5, 5.41) is 7.44. The summed E-state index contributed by atoms with van der Waals surface area (Å²) < 4.78 is 13.5. The van der Waals surface area contributed by atoms with E-state index in [0.717, 1.165) is 18.5 Å². The van der Waals surface area contributed by atoms with E-state index in [9.17, 15) is 9.59 Å². The van der Waals surface area contributed by atoms with E-state index in [-0.39, 0.29) is 17.6 Å². The van der Waals surface area contributed by atoms with E-state index in [0.29, 0.717) is 36.1 Å². The number of amides is 2. The molecule has 0 spiro atoms. The third-order valence-electron chi connectivity index (χ3n) is 5.64. The Bertz CT molecular complexity index is 1130. The van der Waals surface area contributed by atoms with E-state index in [1.54, 1.807) is 48.9 Å². The van der Waals surface area contributed by atoms with E-state index in [4.69, 9.17) is 9.47 Å². The predicted octanol–water partition coefficient (Wildman–Crippen LogP) is 3.00. The van der Waals surface area contributed by atoms with Gasteiger partial charge in [0, 0.05) is 49.9 Å². The third kappa shape index (κ3) is 4.32. The molecule has 32 heavy (non-hydrogen) atoms. The van der Waals surface area contributed by atoms with Crippen molar-refractivity contribution in [2.24, 2.45) is 7.05 Å². The van der Waals surface area contributed by atoms with Gasteiger partial charge in [-0.25, -0.2) is 18.8 Å². The number of urea groups is 1. The lowest BCUT2D eigenvalue weighted by Gasteiger charge is -2.32. The zero-order valence-corrected chi connectivity index (χ0v) is 18.4. The second kappa shape index (κ2) is 9.17. The van der Waals surface area contributed by atoms with Crippen molar-refractivity contribution in [1.29, 1.82) is 0 Å². The highest BCUT2D eigenvalue weighted by atomic mass is 16.5. The number of aryl methyl sites for hydroxylation is 1. The minimum absolute atomic E-state index is 0.0524. The number of likely N-dealkylation sites (tertiary alicyclic amines) is 1. The number of nitrogens with one attached hydrogen (secondary N) is 1. The van der Waals surface area contributed by atoms with Crippen LogP contribution in [0.15, 0.2) is 53.3 Å². The molecule has 1 aromatic heterocycles. The first-order valence-corrected chi connectivity index (χ1v) is 10.5. The second-order valence-corrected chi connectivity index (χ2v) is 7.75. The van der Waals surface area contributed by atoms with Gasteiger partial charge in [0.1, 0.15) is 17.3 Å². The van der Waals surface area contributed by atoms with Crippen molar-refractivity contribution in [3.8, 4) is 17.2 Å². The molecule has 9 nitrogen and oxygen atoms in total. The van der Waals surface area contributed by atoms with Crippen LogP contribution in [-0.2, 0) is 7.05 Å². The molecule has 1 atom stereocenters. The molecule has 0 saturated carbocycles. The summed E-state index contributed by atoms with van der Waals surface area (Å²) in [4.78, 5) is 27.5. The number of ether oxygens (including phenoxy) is 2. The normalized spacial score (nSPS) is 16.0. The number of carbonyl (C=O) groups is 1. The fraction of sp³-hybridized carbons (Fsp3) is 0.348. The number of carbonyl (C=O) groups excluding carboxylic acids is 1. The first-order chi connectivity index (χ1) is 15.5. The summed E-state index contributed by atoms with van der Waals surface area (Å²) in [5.41, 5.74) is 1.16. The molecule has 1 fully saturated rings. The summed E-state index contributed by atoms with van der Waals surface area (Å²) in [6.45, 7) is 1.10. The molecule has 1 saturated heterocycles. The van der Waals surface area contributed by atoms with Crippen LogP contribution < -0.4 is 20.5 Å². The Balaban J connectivity index is 1.55. The number of para-hydroxylation sites is 1. The van der Waals surface area contributed by atoms with Gasteiger partial charge in [0.25, 0.3) is 0 Å². The van der Waals surface area contributed by atoms with Crippen molar-refractivity contribution in [1.82, 2.24) is 19.2 Å². The number of aromatic nitrogens is 3. The second-order valence-electron chi connectivity index (χ2n) is 7.75. The summed E-state index contributed by atoms with van der Waals surface area (Å²) >= 11 is 0. The van der Waals surface area contributed by atoms with E-state index < -0.39 is 0 Å². The summed E-state index contributed by atoms with van der Waals surface area (Å²) in [6, 6.07) is 14.5. The van der Waals surface area contributed by atoms with Crippen LogP contribution in [0.3, 0.4) is 0 Å². The molecule has 1 aliphatic rings. The molecular weight excluding hydrogens is 410 g/mol. The van der Waals surface area contributed by atoms with Gasteiger partial charge in [0.05, 0.1) is 19.9 Å². The molecule has 3 aromatic rings. The van der Waals surface area contributed by atoms with Crippen LogP contribution in [-0.4, -0.2) is 52.6 Å². The average Bonchev–Trinajstić information content (AvgIpc) is 3.13. The predicted molar refractivity (Wildman–Crippen MR) is 121 cm³/mol. The Morgan fingerprint density at radius 3 is 2.44 bits per heavy atom.